The van der Waals surface area contributed by atoms with Crippen LogP contribution in [-0.2, 0) is 4.74 Å². The van der Waals surface area contributed by atoms with Crippen LogP contribution >= 0.6 is 12.2 Å². The average molecular weight is 284 g/mol. The highest BCUT2D eigenvalue weighted by molar-refractivity contribution is 7.71. The zero-order valence-electron chi connectivity index (χ0n) is 9.67. The quantitative estimate of drug-likeness (QED) is 0.528. The molecule has 102 valence electrons. The summed E-state index contributed by atoms with van der Waals surface area (Å²) in [5, 5.41) is 28.8. The number of aromatic amines is 1. The van der Waals surface area contributed by atoms with E-state index in [4.69, 9.17) is 22.1 Å². The SMILES string of the molecule is OC[C@@H]1O[C@H](n2cnc3c(=S)nc[nH]c32)[C@H](O)[C@H]1O. The smallest absolute Gasteiger partial charge is 0.165 e. The van der Waals surface area contributed by atoms with Crippen molar-refractivity contribution in [3.63, 3.8) is 0 Å². The lowest BCUT2D eigenvalue weighted by Gasteiger charge is -2.16. The van der Waals surface area contributed by atoms with Gasteiger partial charge in [-0.15, -0.1) is 0 Å². The maximum absolute atomic E-state index is 9.97. The van der Waals surface area contributed by atoms with E-state index in [9.17, 15) is 10.2 Å². The first-order valence-corrected chi connectivity index (χ1v) is 6.07. The summed E-state index contributed by atoms with van der Waals surface area (Å²) >= 11 is 5.04. The molecule has 0 unspecified atom stereocenters. The van der Waals surface area contributed by atoms with Gasteiger partial charge in [-0.1, -0.05) is 12.2 Å². The Morgan fingerprint density at radius 2 is 2.16 bits per heavy atom. The van der Waals surface area contributed by atoms with Crippen molar-refractivity contribution in [3.05, 3.63) is 17.3 Å². The van der Waals surface area contributed by atoms with Gasteiger partial charge in [0, 0.05) is 0 Å². The van der Waals surface area contributed by atoms with Gasteiger partial charge in [-0.25, -0.2) is 9.97 Å². The van der Waals surface area contributed by atoms with Gasteiger partial charge in [0.2, 0.25) is 0 Å². The number of imidazole rings is 1. The molecule has 3 rings (SSSR count). The average Bonchev–Trinajstić information content (AvgIpc) is 2.94. The summed E-state index contributed by atoms with van der Waals surface area (Å²) in [5.41, 5.74) is 1.02. The molecular weight excluding hydrogens is 272 g/mol. The van der Waals surface area contributed by atoms with Crippen molar-refractivity contribution in [1.29, 1.82) is 0 Å². The molecule has 0 amide bonds. The summed E-state index contributed by atoms with van der Waals surface area (Å²) < 4.78 is 7.28. The predicted octanol–water partition coefficient (Wildman–Crippen LogP) is -0.900. The molecule has 0 aromatic carbocycles. The minimum Gasteiger partial charge on any atom is -0.394 e. The molecule has 1 saturated heterocycles. The van der Waals surface area contributed by atoms with E-state index in [-0.39, 0.29) is 6.61 Å². The van der Waals surface area contributed by atoms with Crippen LogP contribution in [0.4, 0.5) is 0 Å². The van der Waals surface area contributed by atoms with Crippen LogP contribution in [0, 0.1) is 4.64 Å². The Balaban J connectivity index is 2.06. The number of fused-ring (bicyclic) bond motifs is 1. The van der Waals surface area contributed by atoms with Gasteiger partial charge in [0.05, 0.1) is 19.3 Å². The number of nitrogens with one attached hydrogen (secondary N) is 1. The van der Waals surface area contributed by atoms with E-state index in [1.54, 1.807) is 0 Å². The number of aliphatic hydroxyl groups is 3. The van der Waals surface area contributed by atoms with Crippen molar-refractivity contribution in [2.45, 2.75) is 24.5 Å². The van der Waals surface area contributed by atoms with E-state index in [1.165, 1.54) is 17.2 Å². The van der Waals surface area contributed by atoms with Crippen molar-refractivity contribution >= 4 is 23.4 Å². The van der Waals surface area contributed by atoms with Crippen molar-refractivity contribution in [3.8, 4) is 0 Å². The highest BCUT2D eigenvalue weighted by Gasteiger charge is 2.43. The summed E-state index contributed by atoms with van der Waals surface area (Å²) in [6.07, 6.45) is -1.13. The summed E-state index contributed by atoms with van der Waals surface area (Å²) in [6, 6.07) is 0. The highest BCUT2D eigenvalue weighted by Crippen LogP contribution is 2.30. The normalized spacial score (nSPS) is 31.1. The Bertz CT molecular complexity index is 656. The second-order valence-electron chi connectivity index (χ2n) is 4.29. The lowest BCUT2D eigenvalue weighted by atomic mass is 10.1. The third kappa shape index (κ3) is 1.86. The molecule has 3 heterocycles. The predicted molar refractivity (Wildman–Crippen MR) is 65.7 cm³/mol. The number of aliphatic hydroxyl groups excluding tert-OH is 3. The van der Waals surface area contributed by atoms with Gasteiger partial charge in [-0.2, -0.15) is 0 Å². The zero-order valence-corrected chi connectivity index (χ0v) is 10.5. The van der Waals surface area contributed by atoms with Crippen LogP contribution in [0.25, 0.3) is 11.2 Å². The summed E-state index contributed by atoms with van der Waals surface area (Å²) in [7, 11) is 0. The summed E-state index contributed by atoms with van der Waals surface area (Å²) in [5.74, 6) is 0. The molecule has 8 nitrogen and oxygen atoms in total. The van der Waals surface area contributed by atoms with E-state index in [0.717, 1.165) is 0 Å². The first-order chi connectivity index (χ1) is 9.13. The Morgan fingerprint density at radius 1 is 1.37 bits per heavy atom. The van der Waals surface area contributed by atoms with Gasteiger partial charge in [0.15, 0.2) is 10.9 Å². The number of nitrogens with zero attached hydrogens (tertiary/aromatic N) is 3. The summed E-state index contributed by atoms with van der Waals surface area (Å²) in [6.45, 7) is -0.376. The molecule has 9 heteroatoms. The number of aromatic nitrogens is 4. The molecule has 0 bridgehead atoms. The lowest BCUT2D eigenvalue weighted by molar-refractivity contribution is -0.0511. The van der Waals surface area contributed by atoms with Crippen LogP contribution in [0.5, 0.6) is 0 Å². The third-order valence-electron chi connectivity index (χ3n) is 3.17. The minimum absolute atomic E-state index is 0.333. The van der Waals surface area contributed by atoms with E-state index in [2.05, 4.69) is 15.0 Å². The van der Waals surface area contributed by atoms with Gasteiger partial charge < -0.3 is 25.0 Å². The molecule has 4 N–H and O–H groups in total. The molecule has 0 saturated carbocycles. The van der Waals surface area contributed by atoms with Crippen LogP contribution < -0.4 is 0 Å². The molecule has 1 aliphatic heterocycles. The van der Waals surface area contributed by atoms with Gasteiger partial charge in [-0.05, 0) is 0 Å². The fourth-order valence-corrected chi connectivity index (χ4v) is 2.38. The molecule has 0 radical (unpaired) electrons. The monoisotopic (exact) mass is 284 g/mol. The first-order valence-electron chi connectivity index (χ1n) is 5.66. The number of hydrogen-bond acceptors (Lipinski definition) is 7. The molecule has 1 aliphatic rings. The number of hydrogen-bond donors (Lipinski definition) is 4. The fourth-order valence-electron chi connectivity index (χ4n) is 2.18. The molecule has 1 fully saturated rings. The Kier molecular flexibility index (Phi) is 3.07. The molecule has 0 aliphatic carbocycles. The van der Waals surface area contributed by atoms with Crippen LogP contribution in [0.15, 0.2) is 12.7 Å². The van der Waals surface area contributed by atoms with E-state index >= 15 is 0 Å². The van der Waals surface area contributed by atoms with Gasteiger partial charge in [0.25, 0.3) is 0 Å². The van der Waals surface area contributed by atoms with E-state index < -0.39 is 24.5 Å². The lowest BCUT2D eigenvalue weighted by Crippen LogP contribution is -2.33. The largest absolute Gasteiger partial charge is 0.394 e. The van der Waals surface area contributed by atoms with Crippen LogP contribution in [0.1, 0.15) is 6.23 Å². The number of ether oxygens (including phenoxy) is 1. The van der Waals surface area contributed by atoms with Crippen LogP contribution in [0.3, 0.4) is 0 Å². The van der Waals surface area contributed by atoms with Crippen molar-refractivity contribution in [1.82, 2.24) is 19.5 Å². The topological polar surface area (TPSA) is 116 Å². The third-order valence-corrected chi connectivity index (χ3v) is 3.47. The minimum atomic E-state index is -1.16. The van der Waals surface area contributed by atoms with Crippen molar-refractivity contribution in [2.24, 2.45) is 0 Å². The molecule has 2 aromatic rings. The highest BCUT2D eigenvalue weighted by atomic mass is 32.1. The molecule has 2 aromatic heterocycles. The van der Waals surface area contributed by atoms with Crippen molar-refractivity contribution < 1.29 is 20.1 Å². The Morgan fingerprint density at radius 3 is 2.84 bits per heavy atom. The fraction of sp³-hybridized carbons (Fsp3) is 0.500. The molecular formula is C10H12N4O4S. The zero-order chi connectivity index (χ0) is 13.6. The van der Waals surface area contributed by atoms with Crippen molar-refractivity contribution in [2.75, 3.05) is 6.61 Å². The second kappa shape index (κ2) is 4.62. The van der Waals surface area contributed by atoms with Crippen LogP contribution in [-0.4, -0.2) is 59.8 Å². The molecule has 4 atom stereocenters. The van der Waals surface area contributed by atoms with Crippen LogP contribution in [0.2, 0.25) is 0 Å². The first kappa shape index (κ1) is 12.6. The standard InChI is InChI=1S/C10H12N4O4S/c15-1-4-6(16)7(17)10(18-4)14-3-13-5-8(14)11-2-12-9(5)19/h2-4,6-7,10,15-17H,1H2,(H,11,12,19)/t4-,6-,7+,10-/m0/s1. The van der Waals surface area contributed by atoms with Gasteiger partial charge in [-0.3, -0.25) is 4.57 Å². The maximum atomic E-state index is 9.97. The number of rotatable bonds is 2. The number of H-pyrrole nitrogens is 1. The Labute approximate surface area is 112 Å². The van der Waals surface area contributed by atoms with Gasteiger partial charge >= 0.3 is 0 Å². The second-order valence-corrected chi connectivity index (χ2v) is 4.67. The van der Waals surface area contributed by atoms with Gasteiger partial charge in [0.1, 0.15) is 29.5 Å². The Hall–Kier alpha value is -1.39. The molecule has 19 heavy (non-hydrogen) atoms. The maximum Gasteiger partial charge on any atom is 0.165 e. The van der Waals surface area contributed by atoms with E-state index in [0.29, 0.717) is 15.8 Å². The summed E-state index contributed by atoms with van der Waals surface area (Å²) in [4.78, 5) is 10.9. The van der Waals surface area contributed by atoms with E-state index in [1.807, 2.05) is 0 Å². The molecule has 0 spiro atoms.